The van der Waals surface area contributed by atoms with E-state index in [1.54, 1.807) is 0 Å². The lowest BCUT2D eigenvalue weighted by Crippen LogP contribution is -2.34. The van der Waals surface area contributed by atoms with Crippen molar-refractivity contribution in [3.05, 3.63) is 24.3 Å². The van der Waals surface area contributed by atoms with Crippen molar-refractivity contribution in [2.24, 2.45) is 5.73 Å². The predicted octanol–water partition coefficient (Wildman–Crippen LogP) is 12.6. The predicted molar refractivity (Wildman–Crippen MR) is 236 cm³/mol. The van der Waals surface area contributed by atoms with E-state index in [-0.39, 0.29) is 19.4 Å². The van der Waals surface area contributed by atoms with Crippen LogP contribution < -0.4 is 5.73 Å². The van der Waals surface area contributed by atoms with E-state index >= 15 is 0 Å². The van der Waals surface area contributed by atoms with Crippen LogP contribution in [-0.4, -0.2) is 59.9 Å². The van der Waals surface area contributed by atoms with E-state index in [1.807, 2.05) is 0 Å². The molecule has 0 heterocycles. The highest BCUT2D eigenvalue weighted by Gasteiger charge is 2.28. The molecule has 0 saturated carbocycles. The Morgan fingerprint density at radius 2 is 0.914 bits per heavy atom. The third-order valence-corrected chi connectivity index (χ3v) is 11.2. The summed E-state index contributed by atoms with van der Waals surface area (Å²) < 4.78 is 32.7. The summed E-state index contributed by atoms with van der Waals surface area (Å²) in [4.78, 5) is 46.0. The van der Waals surface area contributed by atoms with E-state index in [1.165, 1.54) is 135 Å². The van der Waals surface area contributed by atoms with Gasteiger partial charge in [0.15, 0.2) is 6.10 Å². The Labute approximate surface area is 353 Å². The number of aliphatic carboxylic acids is 1. The van der Waals surface area contributed by atoms with Crippen LogP contribution in [0.2, 0.25) is 0 Å². The second kappa shape index (κ2) is 41.7. The number of phosphoric ester groups is 1. The molecule has 0 aromatic heterocycles. The molecule has 340 valence electrons. The first kappa shape index (κ1) is 56.0. The van der Waals surface area contributed by atoms with E-state index in [0.29, 0.717) is 12.8 Å². The van der Waals surface area contributed by atoms with Crippen LogP contribution in [0, 0.1) is 0 Å². The molecule has 0 aromatic carbocycles. The molecule has 0 fully saturated rings. The van der Waals surface area contributed by atoms with Gasteiger partial charge >= 0.3 is 25.7 Å². The summed E-state index contributed by atoms with van der Waals surface area (Å²) in [7, 11) is -4.72. The van der Waals surface area contributed by atoms with Crippen LogP contribution in [-0.2, 0) is 37.5 Å². The van der Waals surface area contributed by atoms with Gasteiger partial charge in [0.25, 0.3) is 0 Å². The number of nitrogens with two attached hydrogens (primary N) is 1. The summed E-state index contributed by atoms with van der Waals surface area (Å²) in [6, 6.07) is -1.52. The second-order valence-corrected chi connectivity index (χ2v) is 17.3. The summed E-state index contributed by atoms with van der Waals surface area (Å²) in [5, 5.41) is 8.90. The lowest BCUT2D eigenvalue weighted by atomic mass is 10.0. The monoisotopic (exact) mass is 844 g/mol. The summed E-state index contributed by atoms with van der Waals surface area (Å²) in [6.07, 6.45) is 43.9. The van der Waals surface area contributed by atoms with Gasteiger partial charge in [-0.3, -0.25) is 23.4 Å². The summed E-state index contributed by atoms with van der Waals surface area (Å²) in [6.45, 7) is 2.79. The third-order valence-electron chi connectivity index (χ3n) is 10.2. The maximum absolute atomic E-state index is 12.7. The number of allylic oxidation sites excluding steroid dienone is 4. The molecule has 0 bridgehead atoms. The molecule has 0 aliphatic carbocycles. The number of rotatable bonds is 44. The van der Waals surface area contributed by atoms with Gasteiger partial charge in [-0.2, -0.15) is 0 Å². The molecule has 4 N–H and O–H groups in total. The Morgan fingerprint density at radius 1 is 0.534 bits per heavy atom. The number of ether oxygens (including phenoxy) is 2. The largest absolute Gasteiger partial charge is 0.480 e. The molecule has 0 aromatic rings. The van der Waals surface area contributed by atoms with Gasteiger partial charge < -0.3 is 25.2 Å². The molecular weight excluding hydrogens is 757 g/mol. The topological polar surface area (TPSA) is 172 Å². The van der Waals surface area contributed by atoms with Crippen LogP contribution in [0.1, 0.15) is 219 Å². The van der Waals surface area contributed by atoms with Crippen molar-refractivity contribution in [2.75, 3.05) is 19.8 Å². The Kier molecular flexibility index (Phi) is 40.2. The fourth-order valence-corrected chi connectivity index (χ4v) is 7.29. The number of unbranched alkanes of at least 4 members (excludes halogenated alkanes) is 26. The number of carboxylic acids is 1. The average Bonchev–Trinajstić information content (AvgIpc) is 3.20. The third kappa shape index (κ3) is 40.7. The fraction of sp³-hybridized carbons (Fsp3) is 0.848. The molecule has 0 rings (SSSR count). The molecule has 0 saturated heterocycles. The summed E-state index contributed by atoms with van der Waals surface area (Å²) in [5.74, 6) is -2.41. The van der Waals surface area contributed by atoms with Gasteiger partial charge in [-0.15, -0.1) is 0 Å². The minimum absolute atomic E-state index is 0.159. The average molecular weight is 844 g/mol. The van der Waals surface area contributed by atoms with Crippen molar-refractivity contribution in [2.45, 2.75) is 231 Å². The lowest BCUT2D eigenvalue weighted by Gasteiger charge is -2.20. The van der Waals surface area contributed by atoms with Crippen molar-refractivity contribution >= 4 is 25.7 Å². The van der Waals surface area contributed by atoms with Crippen molar-refractivity contribution in [3.63, 3.8) is 0 Å². The van der Waals surface area contributed by atoms with Gasteiger partial charge in [0.2, 0.25) is 0 Å². The highest BCUT2D eigenvalue weighted by atomic mass is 31.2. The van der Waals surface area contributed by atoms with Crippen LogP contribution in [0.5, 0.6) is 0 Å². The highest BCUT2D eigenvalue weighted by Crippen LogP contribution is 2.43. The summed E-state index contributed by atoms with van der Waals surface area (Å²) >= 11 is 0. The normalized spacial score (nSPS) is 13.9. The molecule has 3 atom stereocenters. The van der Waals surface area contributed by atoms with Gasteiger partial charge in [0, 0.05) is 12.8 Å². The van der Waals surface area contributed by atoms with E-state index in [2.05, 4.69) is 42.7 Å². The number of phosphoric acid groups is 1. The molecule has 0 spiro atoms. The molecular formula is C46H86NO10P. The number of esters is 2. The van der Waals surface area contributed by atoms with E-state index in [0.717, 1.165) is 44.9 Å². The molecule has 58 heavy (non-hydrogen) atoms. The number of hydrogen-bond acceptors (Lipinski definition) is 9. The number of carbonyl (C=O) groups is 3. The minimum Gasteiger partial charge on any atom is -0.480 e. The molecule has 11 nitrogen and oxygen atoms in total. The van der Waals surface area contributed by atoms with Crippen LogP contribution in [0.3, 0.4) is 0 Å². The van der Waals surface area contributed by atoms with Gasteiger partial charge in [-0.1, -0.05) is 186 Å². The maximum Gasteiger partial charge on any atom is 0.472 e. The Bertz CT molecular complexity index is 1080. The SMILES string of the molecule is CCCCCCCC/C=C/C/C=C/CCCCC(=O)OC[C@H](COP(=O)(O)OC[C@H](N)C(=O)O)OC(=O)CCCCCCCCCCCCCCCCCCCCC. The molecule has 0 radical (unpaired) electrons. The van der Waals surface area contributed by atoms with Gasteiger partial charge in [0.05, 0.1) is 13.2 Å². The molecule has 0 aliphatic heterocycles. The first-order chi connectivity index (χ1) is 28.1. The van der Waals surface area contributed by atoms with Gasteiger partial charge in [-0.25, -0.2) is 4.57 Å². The first-order valence-electron chi connectivity index (χ1n) is 23.4. The molecule has 0 aliphatic rings. The number of carboxylic acid groups (broad SMARTS) is 1. The fourth-order valence-electron chi connectivity index (χ4n) is 6.51. The van der Waals surface area contributed by atoms with Gasteiger partial charge in [-0.05, 0) is 44.9 Å². The molecule has 0 amide bonds. The zero-order chi connectivity index (χ0) is 42.8. The van der Waals surface area contributed by atoms with Crippen LogP contribution in [0.15, 0.2) is 24.3 Å². The lowest BCUT2D eigenvalue weighted by molar-refractivity contribution is -0.161. The zero-order valence-electron chi connectivity index (χ0n) is 36.9. The quantitative estimate of drug-likeness (QED) is 0.0231. The van der Waals surface area contributed by atoms with Crippen molar-refractivity contribution in [3.8, 4) is 0 Å². The van der Waals surface area contributed by atoms with E-state index in [9.17, 15) is 23.8 Å². The smallest absolute Gasteiger partial charge is 0.472 e. The van der Waals surface area contributed by atoms with Crippen LogP contribution in [0.4, 0.5) is 0 Å². The van der Waals surface area contributed by atoms with Crippen LogP contribution in [0.25, 0.3) is 0 Å². The molecule has 1 unspecified atom stereocenters. The maximum atomic E-state index is 12.7. The first-order valence-corrected chi connectivity index (χ1v) is 24.9. The Hall–Kier alpha value is -2.04. The zero-order valence-corrected chi connectivity index (χ0v) is 37.8. The van der Waals surface area contributed by atoms with Crippen molar-refractivity contribution < 1.29 is 47.5 Å². The summed E-state index contributed by atoms with van der Waals surface area (Å²) in [5.41, 5.74) is 5.34. The van der Waals surface area contributed by atoms with Gasteiger partial charge in [0.1, 0.15) is 12.6 Å². The number of carbonyl (C=O) groups excluding carboxylic acids is 2. The standard InChI is InChI=1S/C46H86NO10P/c1-3-5-7-9-11-13-15-17-19-20-21-22-24-26-28-30-32-34-36-38-45(49)57-42(40-55-58(52,53)56-41-43(47)46(50)51)39-54-44(48)37-35-33-31-29-27-25-23-18-16-14-12-10-8-6-4-2/h18,23,27,29,42-43H,3-17,19-22,24-26,28,30-41,47H2,1-2H3,(H,50,51)(H,52,53)/b23-18+,29-27+/t42-,43+/m1/s1. The minimum atomic E-state index is -4.72. The molecule has 12 heteroatoms. The van der Waals surface area contributed by atoms with Crippen molar-refractivity contribution in [1.82, 2.24) is 0 Å². The van der Waals surface area contributed by atoms with Crippen LogP contribution >= 0.6 is 7.82 Å². The van der Waals surface area contributed by atoms with E-state index < -0.39 is 51.1 Å². The Balaban J connectivity index is 4.32. The second-order valence-electron chi connectivity index (χ2n) is 15.9. The Morgan fingerprint density at radius 3 is 1.38 bits per heavy atom. The van der Waals surface area contributed by atoms with Crippen molar-refractivity contribution in [1.29, 1.82) is 0 Å². The van der Waals surface area contributed by atoms with E-state index in [4.69, 9.17) is 24.8 Å². The number of hydrogen-bond donors (Lipinski definition) is 3. The highest BCUT2D eigenvalue weighted by molar-refractivity contribution is 7.47.